The first-order valence-electron chi connectivity index (χ1n) is 8.65. The van der Waals surface area contributed by atoms with Crippen molar-refractivity contribution in [3.63, 3.8) is 0 Å². The first-order valence-corrected chi connectivity index (χ1v) is 8.65. The maximum absolute atomic E-state index is 12.5. The largest absolute Gasteiger partial charge is 0.379 e. The molecule has 1 aromatic rings. The van der Waals surface area contributed by atoms with E-state index in [-0.39, 0.29) is 17.5 Å². The topological polar surface area (TPSA) is 78.2 Å². The predicted molar refractivity (Wildman–Crippen MR) is 89.5 cm³/mol. The van der Waals surface area contributed by atoms with Gasteiger partial charge in [-0.25, -0.2) is 4.98 Å². The SMILES string of the molecule is CC(NC(=O)c1ccc(C#N)cn1)C1(N2CCOCC2)CCCC1. The molecule has 128 valence electrons. The van der Waals surface area contributed by atoms with Crippen LogP contribution in [0.1, 0.15) is 48.7 Å². The molecule has 3 rings (SSSR count). The van der Waals surface area contributed by atoms with Gasteiger partial charge in [-0.05, 0) is 31.9 Å². The molecule has 1 aliphatic heterocycles. The Morgan fingerprint density at radius 3 is 2.67 bits per heavy atom. The molecule has 1 saturated carbocycles. The number of rotatable bonds is 4. The fourth-order valence-electron chi connectivity index (χ4n) is 4.02. The molecule has 1 N–H and O–H groups in total. The first kappa shape index (κ1) is 16.9. The van der Waals surface area contributed by atoms with Gasteiger partial charge in [0.05, 0.1) is 18.8 Å². The van der Waals surface area contributed by atoms with Crippen LogP contribution in [0.15, 0.2) is 18.3 Å². The monoisotopic (exact) mass is 328 g/mol. The Balaban J connectivity index is 1.72. The van der Waals surface area contributed by atoms with Crippen LogP contribution in [0.3, 0.4) is 0 Å². The number of carbonyl (C=O) groups excluding carboxylic acids is 1. The van der Waals surface area contributed by atoms with Crippen LogP contribution < -0.4 is 5.32 Å². The number of aromatic nitrogens is 1. The van der Waals surface area contributed by atoms with Gasteiger partial charge < -0.3 is 10.1 Å². The van der Waals surface area contributed by atoms with Crippen LogP contribution in [0.4, 0.5) is 0 Å². The summed E-state index contributed by atoms with van der Waals surface area (Å²) in [5.41, 5.74) is 0.836. The van der Waals surface area contributed by atoms with Gasteiger partial charge in [0.2, 0.25) is 0 Å². The summed E-state index contributed by atoms with van der Waals surface area (Å²) >= 11 is 0. The lowest BCUT2D eigenvalue weighted by atomic mass is 9.86. The van der Waals surface area contributed by atoms with Gasteiger partial charge in [0.15, 0.2) is 0 Å². The minimum absolute atomic E-state index is 0.0199. The number of hydrogen-bond donors (Lipinski definition) is 1. The van der Waals surface area contributed by atoms with Gasteiger partial charge in [-0.3, -0.25) is 9.69 Å². The van der Waals surface area contributed by atoms with Crippen LogP contribution in [-0.4, -0.2) is 53.7 Å². The van der Waals surface area contributed by atoms with Crippen LogP contribution in [0.25, 0.3) is 0 Å². The summed E-state index contributed by atoms with van der Waals surface area (Å²) in [4.78, 5) is 19.1. The predicted octanol–water partition coefficient (Wildman–Crippen LogP) is 1.72. The molecule has 1 unspecified atom stereocenters. The highest BCUT2D eigenvalue weighted by molar-refractivity contribution is 5.92. The van der Waals surface area contributed by atoms with Crippen LogP contribution >= 0.6 is 0 Å². The first-order chi connectivity index (χ1) is 11.7. The number of morpholine rings is 1. The molecule has 6 heteroatoms. The number of amides is 1. The third-order valence-electron chi connectivity index (χ3n) is 5.39. The maximum atomic E-state index is 12.5. The summed E-state index contributed by atoms with van der Waals surface area (Å²) in [6, 6.07) is 5.29. The minimum atomic E-state index is -0.175. The molecule has 2 fully saturated rings. The molecule has 1 aromatic heterocycles. The van der Waals surface area contributed by atoms with Gasteiger partial charge in [-0.15, -0.1) is 0 Å². The standard InChI is InChI=1S/C18H24N4O2/c1-14(21-17(23)16-5-4-15(12-19)13-20-16)18(6-2-3-7-18)22-8-10-24-11-9-22/h4-5,13-14H,2-3,6-11H2,1H3,(H,21,23). The zero-order valence-electron chi connectivity index (χ0n) is 14.1. The Hall–Kier alpha value is -1.97. The lowest BCUT2D eigenvalue weighted by molar-refractivity contribution is -0.0323. The van der Waals surface area contributed by atoms with Crippen molar-refractivity contribution < 1.29 is 9.53 Å². The second kappa shape index (κ2) is 7.29. The molecule has 0 radical (unpaired) electrons. The molecule has 1 aliphatic carbocycles. The second-order valence-corrected chi connectivity index (χ2v) is 6.65. The summed E-state index contributed by atoms with van der Waals surface area (Å²) in [6.07, 6.45) is 6.05. The van der Waals surface area contributed by atoms with E-state index in [9.17, 15) is 4.79 Å². The molecule has 2 heterocycles. The zero-order chi connectivity index (χ0) is 17.0. The highest BCUT2D eigenvalue weighted by atomic mass is 16.5. The zero-order valence-corrected chi connectivity index (χ0v) is 14.1. The molecule has 0 aromatic carbocycles. The summed E-state index contributed by atoms with van der Waals surface area (Å²) in [5.74, 6) is -0.175. The molecular formula is C18H24N4O2. The van der Waals surface area contributed by atoms with Gasteiger partial charge in [0, 0.05) is 30.9 Å². The van der Waals surface area contributed by atoms with E-state index < -0.39 is 0 Å². The third-order valence-corrected chi connectivity index (χ3v) is 5.39. The molecule has 2 aliphatic rings. The van der Waals surface area contributed by atoms with Crippen LogP contribution in [-0.2, 0) is 4.74 Å². The number of nitrogens with zero attached hydrogens (tertiary/aromatic N) is 3. The van der Waals surface area contributed by atoms with Crippen molar-refractivity contribution >= 4 is 5.91 Å². The quantitative estimate of drug-likeness (QED) is 0.910. The number of nitriles is 1. The average Bonchev–Trinajstić information content (AvgIpc) is 3.13. The van der Waals surface area contributed by atoms with Crippen molar-refractivity contribution in [3.8, 4) is 6.07 Å². The number of carbonyl (C=O) groups is 1. The highest BCUT2D eigenvalue weighted by Crippen LogP contribution is 2.38. The Labute approximate surface area is 142 Å². The van der Waals surface area contributed by atoms with E-state index in [4.69, 9.17) is 10.00 Å². The third kappa shape index (κ3) is 3.28. The van der Waals surface area contributed by atoms with Crippen molar-refractivity contribution in [2.75, 3.05) is 26.3 Å². The summed E-state index contributed by atoms with van der Waals surface area (Å²) in [5, 5.41) is 12.0. The molecule has 6 nitrogen and oxygen atoms in total. The molecule has 1 amide bonds. The smallest absolute Gasteiger partial charge is 0.270 e. The fourth-order valence-corrected chi connectivity index (χ4v) is 4.02. The molecule has 1 atom stereocenters. The van der Waals surface area contributed by atoms with Crippen LogP contribution in [0.5, 0.6) is 0 Å². The summed E-state index contributed by atoms with van der Waals surface area (Å²) in [6.45, 7) is 5.48. The minimum Gasteiger partial charge on any atom is -0.379 e. The fraction of sp³-hybridized carbons (Fsp3) is 0.611. The number of nitrogens with one attached hydrogen (secondary N) is 1. The van der Waals surface area contributed by atoms with Crippen LogP contribution in [0, 0.1) is 11.3 Å². The Kier molecular flexibility index (Phi) is 5.12. The van der Waals surface area contributed by atoms with Crippen molar-refractivity contribution in [2.24, 2.45) is 0 Å². The summed E-state index contributed by atoms with van der Waals surface area (Å²) < 4.78 is 5.49. The van der Waals surface area contributed by atoms with Gasteiger partial charge in [-0.1, -0.05) is 12.8 Å². The van der Waals surface area contributed by atoms with Gasteiger partial charge >= 0.3 is 0 Å². The molecular weight excluding hydrogens is 304 g/mol. The molecule has 24 heavy (non-hydrogen) atoms. The lowest BCUT2D eigenvalue weighted by Crippen LogP contribution is -2.62. The van der Waals surface area contributed by atoms with Gasteiger partial charge in [0.25, 0.3) is 5.91 Å². The maximum Gasteiger partial charge on any atom is 0.270 e. The van der Waals surface area contributed by atoms with Gasteiger partial charge in [0.1, 0.15) is 11.8 Å². The Morgan fingerprint density at radius 2 is 2.08 bits per heavy atom. The van der Waals surface area contributed by atoms with Crippen molar-refractivity contribution in [1.29, 1.82) is 5.26 Å². The van der Waals surface area contributed by atoms with E-state index >= 15 is 0 Å². The van der Waals surface area contributed by atoms with E-state index in [2.05, 4.69) is 22.1 Å². The van der Waals surface area contributed by atoms with E-state index in [0.717, 1.165) is 39.1 Å². The lowest BCUT2D eigenvalue weighted by Gasteiger charge is -2.47. The highest BCUT2D eigenvalue weighted by Gasteiger charge is 2.45. The van der Waals surface area contributed by atoms with E-state index in [1.807, 2.05) is 6.07 Å². The normalized spacial score (nSPS) is 21.8. The average molecular weight is 328 g/mol. The van der Waals surface area contributed by atoms with E-state index in [1.54, 1.807) is 12.1 Å². The number of hydrogen-bond acceptors (Lipinski definition) is 5. The Morgan fingerprint density at radius 1 is 1.38 bits per heavy atom. The van der Waals surface area contributed by atoms with Crippen molar-refractivity contribution in [2.45, 2.75) is 44.2 Å². The Bertz CT molecular complexity index is 611. The van der Waals surface area contributed by atoms with E-state index in [1.165, 1.54) is 19.0 Å². The number of pyridine rings is 1. The number of ether oxygens (including phenoxy) is 1. The van der Waals surface area contributed by atoms with E-state index in [0.29, 0.717) is 11.3 Å². The second-order valence-electron chi connectivity index (χ2n) is 6.65. The summed E-state index contributed by atoms with van der Waals surface area (Å²) in [7, 11) is 0. The molecule has 1 saturated heterocycles. The van der Waals surface area contributed by atoms with Crippen molar-refractivity contribution in [3.05, 3.63) is 29.6 Å². The van der Waals surface area contributed by atoms with Crippen LogP contribution in [0.2, 0.25) is 0 Å². The van der Waals surface area contributed by atoms with Gasteiger partial charge in [-0.2, -0.15) is 5.26 Å². The molecule has 0 spiro atoms. The van der Waals surface area contributed by atoms with Crippen molar-refractivity contribution in [1.82, 2.24) is 15.2 Å². The molecule has 0 bridgehead atoms.